The molecule has 2 aromatic carbocycles. The highest BCUT2D eigenvalue weighted by molar-refractivity contribution is 7.99. The van der Waals surface area contributed by atoms with E-state index in [1.165, 1.54) is 42.3 Å². The Bertz CT molecular complexity index is 1110. The van der Waals surface area contributed by atoms with Crippen molar-refractivity contribution in [3.05, 3.63) is 58.6 Å². The van der Waals surface area contributed by atoms with Gasteiger partial charge in [0.1, 0.15) is 5.82 Å². The average Bonchev–Trinajstić information content (AvgIpc) is 3.08. The fourth-order valence-electron chi connectivity index (χ4n) is 2.75. The van der Waals surface area contributed by atoms with Crippen LogP contribution in [0.15, 0.2) is 52.4 Å². The van der Waals surface area contributed by atoms with Crippen LogP contribution in [0.5, 0.6) is 0 Å². The van der Waals surface area contributed by atoms with Gasteiger partial charge in [-0.1, -0.05) is 11.3 Å². The maximum atomic E-state index is 13.0. The molecular weight excluding hydrogens is 443 g/mol. The van der Waals surface area contributed by atoms with E-state index in [1.54, 1.807) is 36.0 Å². The maximum Gasteiger partial charge on any atom is 0.337 e. The molecule has 158 valence electrons. The van der Waals surface area contributed by atoms with Crippen LogP contribution in [-0.2, 0) is 16.1 Å². The number of hydrogen-bond acceptors (Lipinski definition) is 6. The summed E-state index contributed by atoms with van der Waals surface area (Å²) in [5.74, 6) is 0.568. The van der Waals surface area contributed by atoms with E-state index in [4.69, 9.17) is 4.74 Å². The fraction of sp³-hybridized carbons (Fsp3) is 0.286. The van der Waals surface area contributed by atoms with E-state index in [1.807, 2.05) is 16.9 Å². The van der Waals surface area contributed by atoms with Crippen molar-refractivity contribution in [1.82, 2.24) is 4.57 Å². The highest BCUT2D eigenvalue weighted by Gasteiger charge is 2.12. The Labute approximate surface area is 186 Å². The number of aromatic nitrogens is 1. The predicted molar refractivity (Wildman–Crippen MR) is 122 cm³/mol. The summed E-state index contributed by atoms with van der Waals surface area (Å²) in [4.78, 5) is 30.1. The zero-order chi connectivity index (χ0) is 21.5. The molecule has 30 heavy (non-hydrogen) atoms. The molecule has 0 bridgehead atoms. The first kappa shape index (κ1) is 22.6. The third-order valence-electron chi connectivity index (χ3n) is 4.24. The molecule has 9 heteroatoms. The van der Waals surface area contributed by atoms with Gasteiger partial charge in [-0.2, -0.15) is 16.8 Å². The van der Waals surface area contributed by atoms with Gasteiger partial charge in [-0.15, -0.1) is 11.8 Å². The van der Waals surface area contributed by atoms with E-state index in [0.717, 1.165) is 27.4 Å². The van der Waals surface area contributed by atoms with Gasteiger partial charge in [0.25, 0.3) is 0 Å². The van der Waals surface area contributed by atoms with Crippen molar-refractivity contribution in [3.8, 4) is 0 Å². The number of benzene rings is 2. The molecular formula is C21H21FN2O3S3. The van der Waals surface area contributed by atoms with Crippen LogP contribution >= 0.6 is 34.9 Å². The first-order valence-electron chi connectivity index (χ1n) is 9.18. The van der Waals surface area contributed by atoms with Gasteiger partial charge in [-0.25, -0.2) is 9.18 Å². The summed E-state index contributed by atoms with van der Waals surface area (Å²) >= 11 is 4.59. The van der Waals surface area contributed by atoms with Gasteiger partial charge >= 0.3 is 5.97 Å². The minimum atomic E-state index is -0.395. The first-order valence-corrected chi connectivity index (χ1v) is 12.4. The first-order chi connectivity index (χ1) is 14.5. The van der Waals surface area contributed by atoms with Gasteiger partial charge in [0.2, 0.25) is 5.91 Å². The van der Waals surface area contributed by atoms with Crippen LogP contribution in [0.1, 0.15) is 16.8 Å². The predicted octanol–water partition coefficient (Wildman–Crippen LogP) is 4.60. The number of fused-ring (bicyclic) bond motifs is 1. The summed E-state index contributed by atoms with van der Waals surface area (Å²) in [6.07, 6.45) is 2.31. The molecule has 0 N–H and O–H groups in total. The Morgan fingerprint density at radius 2 is 1.93 bits per heavy atom. The molecule has 0 saturated carbocycles. The number of hydrogen-bond donors (Lipinski definition) is 0. The van der Waals surface area contributed by atoms with Gasteiger partial charge < -0.3 is 9.30 Å². The van der Waals surface area contributed by atoms with Gasteiger partial charge in [-0.3, -0.25) is 4.79 Å². The van der Waals surface area contributed by atoms with Gasteiger partial charge in [0.05, 0.1) is 22.9 Å². The van der Waals surface area contributed by atoms with Crippen LogP contribution in [0.2, 0.25) is 0 Å². The Balaban J connectivity index is 1.80. The number of amides is 1. The Morgan fingerprint density at radius 3 is 2.63 bits per heavy atom. The normalized spacial score (nSPS) is 11.8. The van der Waals surface area contributed by atoms with Crippen LogP contribution in [0.3, 0.4) is 0 Å². The molecule has 3 rings (SSSR count). The van der Waals surface area contributed by atoms with E-state index in [0.29, 0.717) is 16.1 Å². The number of nitrogens with zero attached hydrogens (tertiary/aromatic N) is 2. The average molecular weight is 465 g/mol. The number of esters is 1. The lowest BCUT2D eigenvalue weighted by molar-refractivity contribution is -0.117. The Kier molecular flexibility index (Phi) is 8.12. The number of thioether (sulfide) groups is 2. The molecule has 0 atom stereocenters. The van der Waals surface area contributed by atoms with Crippen molar-refractivity contribution in [2.45, 2.75) is 17.9 Å². The highest BCUT2D eigenvalue weighted by atomic mass is 32.2. The number of carbonyl (C=O) groups is 2. The van der Waals surface area contributed by atoms with E-state index in [2.05, 4.69) is 4.99 Å². The van der Waals surface area contributed by atoms with Crippen LogP contribution in [0.25, 0.3) is 10.2 Å². The summed E-state index contributed by atoms with van der Waals surface area (Å²) in [6, 6.07) is 11.6. The molecule has 0 spiro atoms. The molecule has 0 fully saturated rings. The number of rotatable bonds is 8. The second-order valence-corrected chi connectivity index (χ2v) is 9.42. The van der Waals surface area contributed by atoms with Gasteiger partial charge in [0.15, 0.2) is 4.80 Å². The summed E-state index contributed by atoms with van der Waals surface area (Å²) in [7, 11) is 1.35. The zero-order valence-corrected chi connectivity index (χ0v) is 19.0. The highest BCUT2D eigenvalue weighted by Crippen LogP contribution is 2.21. The third kappa shape index (κ3) is 5.74. The number of halogens is 1. The maximum absolute atomic E-state index is 13.0. The fourth-order valence-corrected chi connectivity index (χ4v) is 5.07. The minimum Gasteiger partial charge on any atom is -0.465 e. The Hall–Kier alpha value is -2.10. The van der Waals surface area contributed by atoms with Crippen LogP contribution < -0.4 is 4.80 Å². The topological polar surface area (TPSA) is 60.7 Å². The lowest BCUT2D eigenvalue weighted by Gasteiger charge is -2.04. The lowest BCUT2D eigenvalue weighted by atomic mass is 10.2. The molecule has 0 aliphatic rings. The van der Waals surface area contributed by atoms with Crippen LogP contribution in [0.4, 0.5) is 4.39 Å². The molecule has 1 heterocycles. The molecule has 0 unspecified atom stereocenters. The smallest absolute Gasteiger partial charge is 0.337 e. The largest absolute Gasteiger partial charge is 0.465 e. The molecule has 1 aromatic heterocycles. The quantitative estimate of drug-likeness (QED) is 0.360. The van der Waals surface area contributed by atoms with Crippen molar-refractivity contribution in [2.24, 2.45) is 4.99 Å². The van der Waals surface area contributed by atoms with Crippen molar-refractivity contribution < 1.29 is 18.7 Å². The van der Waals surface area contributed by atoms with Crippen LogP contribution in [-0.4, -0.2) is 41.3 Å². The summed E-state index contributed by atoms with van der Waals surface area (Å²) < 4.78 is 20.7. The van der Waals surface area contributed by atoms with Crippen LogP contribution in [0, 0.1) is 5.82 Å². The monoisotopic (exact) mass is 464 g/mol. The standard InChI is InChI=1S/C21H21FN2O3S3/c1-27-20(26)14-3-8-17-18(13-14)30-21(24(17)10-12-28-2)23-19(25)9-11-29-16-6-4-15(22)5-7-16/h3-8,13H,9-12H2,1-2H3. The van der Waals surface area contributed by atoms with Crippen molar-refractivity contribution in [2.75, 3.05) is 24.9 Å². The number of aryl methyl sites for hydroxylation is 1. The minimum absolute atomic E-state index is 0.206. The van der Waals surface area contributed by atoms with E-state index >= 15 is 0 Å². The third-order valence-corrected chi connectivity index (χ3v) is 6.89. The number of ether oxygens (including phenoxy) is 1. The number of carbonyl (C=O) groups excluding carboxylic acids is 2. The summed E-state index contributed by atoms with van der Waals surface area (Å²) in [6.45, 7) is 0.717. The Morgan fingerprint density at radius 1 is 1.17 bits per heavy atom. The molecule has 0 aliphatic carbocycles. The molecule has 0 saturated heterocycles. The number of thiazole rings is 1. The van der Waals surface area contributed by atoms with E-state index in [-0.39, 0.29) is 18.1 Å². The van der Waals surface area contributed by atoms with E-state index in [9.17, 15) is 14.0 Å². The molecule has 5 nitrogen and oxygen atoms in total. The van der Waals surface area contributed by atoms with Crippen molar-refractivity contribution in [1.29, 1.82) is 0 Å². The number of methoxy groups -OCH3 is 1. The molecule has 0 radical (unpaired) electrons. The SMILES string of the molecule is COC(=O)c1ccc2c(c1)sc(=NC(=O)CCSc1ccc(F)cc1)n2CCSC. The zero-order valence-electron chi connectivity index (χ0n) is 16.6. The summed E-state index contributed by atoms with van der Waals surface area (Å²) in [5, 5.41) is 0. The molecule has 3 aromatic rings. The second kappa shape index (κ2) is 10.8. The van der Waals surface area contributed by atoms with Gasteiger partial charge in [-0.05, 0) is 48.7 Å². The van der Waals surface area contributed by atoms with E-state index < -0.39 is 5.97 Å². The molecule has 1 amide bonds. The lowest BCUT2D eigenvalue weighted by Crippen LogP contribution is -2.18. The summed E-state index contributed by atoms with van der Waals surface area (Å²) in [5.41, 5.74) is 1.41. The van der Waals surface area contributed by atoms with Crippen molar-refractivity contribution >= 4 is 57.0 Å². The van der Waals surface area contributed by atoms with Gasteiger partial charge in [0, 0.05) is 29.4 Å². The molecule has 0 aliphatic heterocycles. The second-order valence-electron chi connectivity index (χ2n) is 6.26. The van der Waals surface area contributed by atoms with Crippen molar-refractivity contribution in [3.63, 3.8) is 0 Å².